The van der Waals surface area contributed by atoms with Crippen LogP contribution in [0.25, 0.3) is 0 Å². The molecule has 0 heterocycles. The van der Waals surface area contributed by atoms with Crippen molar-refractivity contribution in [2.75, 3.05) is 38.7 Å². The van der Waals surface area contributed by atoms with E-state index in [0.29, 0.717) is 18.2 Å². The van der Waals surface area contributed by atoms with E-state index in [9.17, 15) is 4.79 Å². The van der Waals surface area contributed by atoms with E-state index < -0.39 is 11.7 Å². The number of hydrogen-bond donors (Lipinski definition) is 3. The van der Waals surface area contributed by atoms with Crippen LogP contribution in [0.5, 0.6) is 0 Å². The summed E-state index contributed by atoms with van der Waals surface area (Å²) < 4.78 is 10.8. The number of ether oxygens (including phenoxy) is 2. The first-order chi connectivity index (χ1) is 13.2. The van der Waals surface area contributed by atoms with Crippen LogP contribution in [0.2, 0.25) is 0 Å². The summed E-state index contributed by atoms with van der Waals surface area (Å²) in [6, 6.07) is 7.73. The van der Waals surface area contributed by atoms with Crippen LogP contribution in [-0.2, 0) is 15.9 Å². The summed E-state index contributed by atoms with van der Waals surface area (Å²) in [5.74, 6) is 1.31. The van der Waals surface area contributed by atoms with Gasteiger partial charge in [0, 0.05) is 32.4 Å². The molecule has 1 aromatic rings. The number of benzene rings is 1. The highest BCUT2D eigenvalue weighted by Gasteiger charge is 2.16. The number of carbonyl (C=O) groups excluding carboxylic acids is 1. The Kier molecular flexibility index (Phi) is 10.4. The molecule has 0 aliphatic carbocycles. The average Bonchev–Trinajstić information content (AvgIpc) is 2.59. The van der Waals surface area contributed by atoms with Crippen molar-refractivity contribution < 1.29 is 14.3 Å². The first-order valence-corrected chi connectivity index (χ1v) is 9.81. The fraction of sp³-hybridized carbons (Fsp3) is 0.619. The van der Waals surface area contributed by atoms with E-state index in [1.54, 1.807) is 7.05 Å². The molecule has 0 unspecified atom stereocenters. The molecule has 7 nitrogen and oxygen atoms in total. The van der Waals surface area contributed by atoms with Crippen LogP contribution in [0.15, 0.2) is 29.3 Å². The van der Waals surface area contributed by atoms with E-state index in [4.69, 9.17) is 9.47 Å². The lowest BCUT2D eigenvalue weighted by Crippen LogP contribution is -2.39. The van der Waals surface area contributed by atoms with Crippen LogP contribution < -0.4 is 16.0 Å². The number of nitrogens with one attached hydrogen (secondary N) is 3. The van der Waals surface area contributed by atoms with Crippen LogP contribution >= 0.6 is 0 Å². The number of anilines is 1. The molecule has 0 aromatic heterocycles. The predicted molar refractivity (Wildman–Crippen MR) is 115 cm³/mol. The van der Waals surface area contributed by atoms with Gasteiger partial charge in [-0.25, -0.2) is 4.79 Å². The minimum Gasteiger partial charge on any atom is -0.444 e. The minimum atomic E-state index is -0.511. The highest BCUT2D eigenvalue weighted by molar-refractivity contribution is 5.84. The Bertz CT molecular complexity index is 607. The maximum Gasteiger partial charge on any atom is 0.412 e. The Labute approximate surface area is 169 Å². The molecule has 0 bridgehead atoms. The van der Waals surface area contributed by atoms with E-state index >= 15 is 0 Å². The van der Waals surface area contributed by atoms with Crippen molar-refractivity contribution in [3.8, 4) is 0 Å². The van der Waals surface area contributed by atoms with E-state index in [0.717, 1.165) is 37.6 Å². The second-order valence-corrected chi connectivity index (χ2v) is 7.97. The van der Waals surface area contributed by atoms with Gasteiger partial charge in [0.15, 0.2) is 5.96 Å². The number of amides is 1. The Balaban J connectivity index is 2.30. The fourth-order valence-corrected chi connectivity index (χ4v) is 2.28. The number of rotatable bonds is 9. The number of carbonyl (C=O) groups is 1. The molecule has 0 fully saturated rings. The van der Waals surface area contributed by atoms with Gasteiger partial charge in [-0.3, -0.25) is 10.3 Å². The Morgan fingerprint density at radius 1 is 1.11 bits per heavy atom. The van der Waals surface area contributed by atoms with Crippen molar-refractivity contribution >= 4 is 17.7 Å². The molecule has 158 valence electrons. The maximum absolute atomic E-state index is 11.8. The summed E-state index contributed by atoms with van der Waals surface area (Å²) in [4.78, 5) is 16.0. The molecule has 0 atom stereocenters. The number of guanidine groups is 1. The van der Waals surface area contributed by atoms with Gasteiger partial charge in [0.2, 0.25) is 0 Å². The minimum absolute atomic E-state index is 0.450. The molecule has 7 heteroatoms. The van der Waals surface area contributed by atoms with E-state index in [-0.39, 0.29) is 0 Å². The standard InChI is InChI=1S/C21H36N4O3/c1-16(2)15-27-14-13-24-19(22-6)23-12-11-17-7-9-18(10-8-17)25-20(26)28-21(3,4)5/h7-10,16H,11-15H2,1-6H3,(H,25,26)(H2,22,23,24). The normalized spacial score (nSPS) is 12.0. The van der Waals surface area contributed by atoms with Gasteiger partial charge in [-0.2, -0.15) is 0 Å². The van der Waals surface area contributed by atoms with Crippen molar-refractivity contribution in [2.24, 2.45) is 10.9 Å². The lowest BCUT2D eigenvalue weighted by atomic mass is 10.1. The van der Waals surface area contributed by atoms with Gasteiger partial charge in [0.05, 0.1) is 6.61 Å². The number of hydrogen-bond acceptors (Lipinski definition) is 4. The van der Waals surface area contributed by atoms with Crippen LogP contribution in [0.3, 0.4) is 0 Å². The van der Waals surface area contributed by atoms with Gasteiger partial charge in [0.25, 0.3) is 0 Å². The van der Waals surface area contributed by atoms with Crippen molar-refractivity contribution in [1.82, 2.24) is 10.6 Å². The van der Waals surface area contributed by atoms with Gasteiger partial charge in [-0.15, -0.1) is 0 Å². The Morgan fingerprint density at radius 2 is 1.75 bits per heavy atom. The summed E-state index contributed by atoms with van der Waals surface area (Å²) in [6.45, 7) is 12.7. The predicted octanol–water partition coefficient (Wildman–Crippen LogP) is 3.41. The SMILES string of the molecule is CN=C(NCCOCC(C)C)NCCc1ccc(NC(=O)OC(C)(C)C)cc1. The highest BCUT2D eigenvalue weighted by Crippen LogP contribution is 2.13. The second kappa shape index (κ2) is 12.2. The molecule has 0 saturated carbocycles. The maximum atomic E-state index is 11.8. The number of nitrogens with zero attached hydrogens (tertiary/aromatic N) is 1. The topological polar surface area (TPSA) is 84.0 Å². The zero-order chi connectivity index (χ0) is 21.0. The molecular formula is C21H36N4O3. The molecule has 3 N–H and O–H groups in total. The lowest BCUT2D eigenvalue weighted by molar-refractivity contribution is 0.0636. The van der Waals surface area contributed by atoms with E-state index in [1.807, 2.05) is 45.0 Å². The lowest BCUT2D eigenvalue weighted by Gasteiger charge is -2.19. The number of aliphatic imine (C=N–C) groups is 1. The van der Waals surface area contributed by atoms with Gasteiger partial charge in [-0.05, 0) is 50.8 Å². The van der Waals surface area contributed by atoms with Gasteiger partial charge in [-0.1, -0.05) is 26.0 Å². The Hall–Kier alpha value is -2.28. The zero-order valence-electron chi connectivity index (χ0n) is 18.1. The third-order valence-electron chi connectivity index (χ3n) is 3.52. The summed E-state index contributed by atoms with van der Waals surface area (Å²) in [5.41, 5.74) is 1.37. The molecule has 1 rings (SSSR count). The molecular weight excluding hydrogens is 356 g/mol. The Morgan fingerprint density at radius 3 is 2.32 bits per heavy atom. The molecule has 0 aliphatic heterocycles. The molecule has 1 amide bonds. The van der Waals surface area contributed by atoms with E-state index in [1.165, 1.54) is 0 Å². The first-order valence-electron chi connectivity index (χ1n) is 9.81. The molecule has 1 aromatic carbocycles. The van der Waals surface area contributed by atoms with Gasteiger partial charge in [0.1, 0.15) is 5.60 Å². The smallest absolute Gasteiger partial charge is 0.412 e. The molecule has 0 saturated heterocycles. The first kappa shape index (κ1) is 23.8. The highest BCUT2D eigenvalue weighted by atomic mass is 16.6. The molecule has 0 radical (unpaired) electrons. The van der Waals surface area contributed by atoms with Crippen molar-refractivity contribution in [2.45, 2.75) is 46.6 Å². The third-order valence-corrected chi connectivity index (χ3v) is 3.52. The van der Waals surface area contributed by atoms with Crippen LogP contribution in [0, 0.1) is 5.92 Å². The monoisotopic (exact) mass is 392 g/mol. The summed E-state index contributed by atoms with van der Waals surface area (Å²) in [6.07, 6.45) is 0.395. The molecule has 0 spiro atoms. The van der Waals surface area contributed by atoms with Crippen molar-refractivity contribution in [3.63, 3.8) is 0 Å². The summed E-state index contributed by atoms with van der Waals surface area (Å²) >= 11 is 0. The van der Waals surface area contributed by atoms with Crippen molar-refractivity contribution in [1.29, 1.82) is 0 Å². The van der Waals surface area contributed by atoms with Gasteiger partial charge < -0.3 is 20.1 Å². The third kappa shape index (κ3) is 11.4. The molecule has 0 aliphatic rings. The average molecular weight is 393 g/mol. The molecule has 28 heavy (non-hydrogen) atoms. The zero-order valence-corrected chi connectivity index (χ0v) is 18.1. The second-order valence-electron chi connectivity index (χ2n) is 7.97. The summed E-state index contributed by atoms with van der Waals surface area (Å²) in [7, 11) is 1.75. The largest absolute Gasteiger partial charge is 0.444 e. The van der Waals surface area contributed by atoms with Crippen LogP contribution in [-0.4, -0.2) is 51.0 Å². The van der Waals surface area contributed by atoms with Gasteiger partial charge >= 0.3 is 6.09 Å². The quantitative estimate of drug-likeness (QED) is 0.341. The summed E-state index contributed by atoms with van der Waals surface area (Å²) in [5, 5.41) is 9.25. The van der Waals surface area contributed by atoms with Crippen LogP contribution in [0.1, 0.15) is 40.2 Å². The van der Waals surface area contributed by atoms with Crippen LogP contribution in [0.4, 0.5) is 10.5 Å². The fourth-order valence-electron chi connectivity index (χ4n) is 2.28. The van der Waals surface area contributed by atoms with Crippen molar-refractivity contribution in [3.05, 3.63) is 29.8 Å². The van der Waals surface area contributed by atoms with E-state index in [2.05, 4.69) is 34.8 Å².